The Morgan fingerprint density at radius 3 is 2.81 bits per heavy atom. The maximum atomic E-state index is 12.5. The molecule has 0 N–H and O–H groups in total. The lowest BCUT2D eigenvalue weighted by Crippen LogP contribution is -2.40. The van der Waals surface area contributed by atoms with Gasteiger partial charge >= 0.3 is 0 Å². The Hall–Kier alpha value is -2.84. The first-order valence-electron chi connectivity index (χ1n) is 11.4. The highest BCUT2D eigenvalue weighted by molar-refractivity contribution is 5.80. The predicted molar refractivity (Wildman–Crippen MR) is 120 cm³/mol. The normalized spacial score (nSPS) is 19.7. The second kappa shape index (κ2) is 9.34. The van der Waals surface area contributed by atoms with Crippen molar-refractivity contribution in [2.75, 3.05) is 32.9 Å². The quantitative estimate of drug-likeness (QED) is 0.592. The standard InChI is InChI=1S/C24H29N5O3/c1-17-20-7-8-21(26-24(20)29(27-17)22-6-2-3-11-25-22)18-9-12-28(13-10-18)23(30)16-31-15-19-5-4-14-32-19/h2-3,6-8,11,18-19H,4-5,9-10,12-16H2,1H3/t19-/m1/s1. The second-order valence-electron chi connectivity index (χ2n) is 8.60. The van der Waals surface area contributed by atoms with Gasteiger partial charge in [-0.2, -0.15) is 9.78 Å². The summed E-state index contributed by atoms with van der Waals surface area (Å²) in [5.74, 6) is 1.15. The largest absolute Gasteiger partial charge is 0.376 e. The van der Waals surface area contributed by atoms with Gasteiger partial charge in [0.05, 0.1) is 18.4 Å². The minimum Gasteiger partial charge on any atom is -0.376 e. The molecule has 0 bridgehead atoms. The molecular formula is C24H29N5O3. The first-order valence-corrected chi connectivity index (χ1v) is 11.4. The van der Waals surface area contributed by atoms with E-state index in [0.29, 0.717) is 12.5 Å². The van der Waals surface area contributed by atoms with Crippen molar-refractivity contribution in [3.05, 3.63) is 47.9 Å². The van der Waals surface area contributed by atoms with Gasteiger partial charge in [-0.15, -0.1) is 0 Å². The lowest BCUT2D eigenvalue weighted by atomic mass is 9.93. The van der Waals surface area contributed by atoms with Gasteiger partial charge in [0.2, 0.25) is 5.91 Å². The summed E-state index contributed by atoms with van der Waals surface area (Å²) in [7, 11) is 0. The Kier molecular flexibility index (Phi) is 6.14. The molecule has 8 heteroatoms. The molecule has 0 aromatic carbocycles. The van der Waals surface area contributed by atoms with Crippen LogP contribution in [0.25, 0.3) is 16.9 Å². The van der Waals surface area contributed by atoms with E-state index >= 15 is 0 Å². The zero-order valence-electron chi connectivity index (χ0n) is 18.4. The molecule has 5 heterocycles. The van der Waals surface area contributed by atoms with Crippen LogP contribution in [0.15, 0.2) is 36.5 Å². The Bertz CT molecular complexity index is 1070. The van der Waals surface area contributed by atoms with E-state index in [1.807, 2.05) is 34.7 Å². The van der Waals surface area contributed by atoms with Gasteiger partial charge in [-0.05, 0) is 56.9 Å². The summed E-state index contributed by atoms with van der Waals surface area (Å²) in [6.07, 6.45) is 5.81. The monoisotopic (exact) mass is 435 g/mol. The molecule has 3 aromatic rings. The third-order valence-corrected chi connectivity index (χ3v) is 6.42. The average Bonchev–Trinajstić information content (AvgIpc) is 3.47. The van der Waals surface area contributed by atoms with Gasteiger partial charge in [-0.25, -0.2) is 9.97 Å². The minimum atomic E-state index is 0.0636. The number of hydrogen-bond acceptors (Lipinski definition) is 6. The maximum Gasteiger partial charge on any atom is 0.248 e. The molecule has 168 valence electrons. The highest BCUT2D eigenvalue weighted by Gasteiger charge is 2.26. The SMILES string of the molecule is Cc1nn(-c2ccccn2)c2nc(C3CCN(C(=O)COC[C@H]4CCCO4)CC3)ccc12. The lowest BCUT2D eigenvalue weighted by Gasteiger charge is -2.31. The van der Waals surface area contributed by atoms with E-state index in [1.54, 1.807) is 6.20 Å². The highest BCUT2D eigenvalue weighted by atomic mass is 16.5. The van der Waals surface area contributed by atoms with Gasteiger partial charge < -0.3 is 14.4 Å². The number of likely N-dealkylation sites (tertiary alicyclic amines) is 1. The smallest absolute Gasteiger partial charge is 0.248 e. The van der Waals surface area contributed by atoms with Gasteiger partial charge in [0, 0.05) is 42.9 Å². The van der Waals surface area contributed by atoms with Crippen LogP contribution in [-0.2, 0) is 14.3 Å². The number of ether oxygens (including phenoxy) is 2. The number of pyridine rings is 2. The number of hydrogen-bond donors (Lipinski definition) is 0. The van der Waals surface area contributed by atoms with Crippen LogP contribution in [-0.4, -0.2) is 69.6 Å². The molecule has 0 radical (unpaired) electrons. The van der Waals surface area contributed by atoms with E-state index in [0.717, 1.165) is 73.6 Å². The van der Waals surface area contributed by atoms with Gasteiger partial charge in [-0.1, -0.05) is 6.07 Å². The summed E-state index contributed by atoms with van der Waals surface area (Å²) in [5.41, 5.74) is 2.82. The molecular weight excluding hydrogens is 406 g/mol. The molecule has 2 fully saturated rings. The second-order valence-corrected chi connectivity index (χ2v) is 8.60. The first kappa shape index (κ1) is 21.0. The van der Waals surface area contributed by atoms with Crippen molar-refractivity contribution in [1.29, 1.82) is 0 Å². The van der Waals surface area contributed by atoms with Crippen LogP contribution in [0.4, 0.5) is 0 Å². The number of rotatable bonds is 6. The summed E-state index contributed by atoms with van der Waals surface area (Å²) in [4.78, 5) is 23.8. The molecule has 2 aliphatic heterocycles. The van der Waals surface area contributed by atoms with Crippen molar-refractivity contribution in [2.45, 2.75) is 44.6 Å². The van der Waals surface area contributed by atoms with Gasteiger partial charge in [0.15, 0.2) is 11.5 Å². The molecule has 0 saturated carbocycles. The van der Waals surface area contributed by atoms with Crippen LogP contribution in [0.1, 0.15) is 43.0 Å². The van der Waals surface area contributed by atoms with E-state index in [2.05, 4.69) is 22.2 Å². The molecule has 32 heavy (non-hydrogen) atoms. The van der Waals surface area contributed by atoms with Gasteiger partial charge in [-0.3, -0.25) is 4.79 Å². The van der Waals surface area contributed by atoms with E-state index in [-0.39, 0.29) is 18.6 Å². The topological polar surface area (TPSA) is 82.4 Å². The van der Waals surface area contributed by atoms with Crippen molar-refractivity contribution in [3.8, 4) is 5.82 Å². The number of piperidine rings is 1. The van der Waals surface area contributed by atoms with E-state index in [9.17, 15) is 4.79 Å². The van der Waals surface area contributed by atoms with Crippen LogP contribution < -0.4 is 0 Å². The van der Waals surface area contributed by atoms with Crippen LogP contribution in [0.3, 0.4) is 0 Å². The maximum absolute atomic E-state index is 12.5. The number of aryl methyl sites for hydroxylation is 1. The molecule has 8 nitrogen and oxygen atoms in total. The molecule has 5 rings (SSSR count). The van der Waals surface area contributed by atoms with Crippen molar-refractivity contribution >= 4 is 16.9 Å². The molecule has 3 aromatic heterocycles. The average molecular weight is 436 g/mol. The molecule has 0 aliphatic carbocycles. The molecule has 0 spiro atoms. The predicted octanol–water partition coefficient (Wildman–Crippen LogP) is 3.03. The van der Waals surface area contributed by atoms with E-state index in [4.69, 9.17) is 14.5 Å². The molecule has 2 aliphatic rings. The summed E-state index contributed by atoms with van der Waals surface area (Å²) < 4.78 is 13.0. The van der Waals surface area contributed by atoms with Crippen molar-refractivity contribution in [1.82, 2.24) is 24.6 Å². The Morgan fingerprint density at radius 2 is 2.06 bits per heavy atom. The lowest BCUT2D eigenvalue weighted by molar-refractivity contribution is -0.138. The van der Waals surface area contributed by atoms with Crippen molar-refractivity contribution in [2.24, 2.45) is 0 Å². The molecule has 1 amide bonds. The number of carbonyl (C=O) groups is 1. The van der Waals surface area contributed by atoms with Crippen molar-refractivity contribution in [3.63, 3.8) is 0 Å². The van der Waals surface area contributed by atoms with E-state index in [1.165, 1.54) is 0 Å². The van der Waals surface area contributed by atoms with Gasteiger partial charge in [0.25, 0.3) is 0 Å². The summed E-state index contributed by atoms with van der Waals surface area (Å²) in [5, 5.41) is 5.69. The fourth-order valence-electron chi connectivity index (χ4n) is 4.59. The zero-order valence-corrected chi connectivity index (χ0v) is 18.4. The van der Waals surface area contributed by atoms with Gasteiger partial charge in [0.1, 0.15) is 6.61 Å². The summed E-state index contributed by atoms with van der Waals surface area (Å²) in [6.45, 7) is 4.90. The van der Waals surface area contributed by atoms with Crippen LogP contribution in [0, 0.1) is 6.92 Å². The number of carbonyl (C=O) groups excluding carboxylic acids is 1. The Labute approximate surface area is 187 Å². The van der Waals surface area contributed by atoms with Crippen molar-refractivity contribution < 1.29 is 14.3 Å². The third-order valence-electron chi connectivity index (χ3n) is 6.42. The number of fused-ring (bicyclic) bond motifs is 1. The molecule has 0 unspecified atom stereocenters. The number of aromatic nitrogens is 4. The third kappa shape index (κ3) is 4.38. The summed E-state index contributed by atoms with van der Waals surface area (Å²) in [6, 6.07) is 9.99. The molecule has 1 atom stereocenters. The minimum absolute atomic E-state index is 0.0636. The fraction of sp³-hybridized carbons (Fsp3) is 0.500. The Morgan fingerprint density at radius 1 is 1.19 bits per heavy atom. The highest BCUT2D eigenvalue weighted by Crippen LogP contribution is 2.29. The first-order chi connectivity index (χ1) is 15.7. The summed E-state index contributed by atoms with van der Waals surface area (Å²) >= 11 is 0. The fourth-order valence-corrected chi connectivity index (χ4v) is 4.59. The Balaban J connectivity index is 1.22. The van der Waals surface area contributed by atoms with Crippen LogP contribution >= 0.6 is 0 Å². The number of nitrogens with zero attached hydrogens (tertiary/aromatic N) is 5. The number of amides is 1. The van der Waals surface area contributed by atoms with Crippen LogP contribution in [0.5, 0.6) is 0 Å². The van der Waals surface area contributed by atoms with E-state index < -0.39 is 0 Å². The van der Waals surface area contributed by atoms with Crippen LogP contribution in [0.2, 0.25) is 0 Å². The molecule has 2 saturated heterocycles. The zero-order chi connectivity index (χ0) is 21.9.